The molecule has 10 heavy (non-hydrogen) atoms. The second-order valence-electron chi connectivity index (χ2n) is 1.82. The van der Waals surface area contributed by atoms with Crippen molar-refractivity contribution < 1.29 is 14.3 Å². The van der Waals surface area contributed by atoms with Gasteiger partial charge in [0, 0.05) is 0 Å². The Hall–Kier alpha value is -1.06. The Balaban J connectivity index is 3.35. The molecule has 0 aliphatic rings. The van der Waals surface area contributed by atoms with Crippen LogP contribution in [0.1, 0.15) is 19.8 Å². The number of hydrogen-bond acceptors (Lipinski definition) is 3. The van der Waals surface area contributed by atoms with Crippen LogP contribution in [0, 0.1) is 0 Å². The molecule has 0 saturated carbocycles. The summed E-state index contributed by atoms with van der Waals surface area (Å²) in [4.78, 5) is 20.4. The van der Waals surface area contributed by atoms with Crippen LogP contribution >= 0.6 is 0 Å². The van der Waals surface area contributed by atoms with Crippen LogP contribution in [0.2, 0.25) is 0 Å². The maximum Gasteiger partial charge on any atom is 0.315 e. The summed E-state index contributed by atoms with van der Waals surface area (Å²) in [7, 11) is 0. The van der Waals surface area contributed by atoms with Crippen LogP contribution < -0.4 is 5.73 Å². The third-order valence-electron chi connectivity index (χ3n) is 0.772. The van der Waals surface area contributed by atoms with E-state index in [-0.39, 0.29) is 0 Å². The van der Waals surface area contributed by atoms with E-state index in [9.17, 15) is 9.59 Å². The molecule has 0 atom stereocenters. The summed E-state index contributed by atoms with van der Waals surface area (Å²) in [6, 6.07) is 0. The highest BCUT2D eigenvalue weighted by molar-refractivity contribution is 5.92. The molecule has 0 aromatic carbocycles. The third-order valence-corrected chi connectivity index (χ3v) is 0.772. The first kappa shape index (κ1) is 8.94. The molecule has 0 saturated heterocycles. The minimum atomic E-state index is -0.902. The summed E-state index contributed by atoms with van der Waals surface area (Å²) in [5.74, 6) is -1.51. The Morgan fingerprint density at radius 1 is 1.50 bits per heavy atom. The lowest BCUT2D eigenvalue weighted by Crippen LogP contribution is -2.11. The number of rotatable bonds is 4. The molecule has 0 fully saturated rings. The lowest BCUT2D eigenvalue weighted by Gasteiger charge is -1.98. The van der Waals surface area contributed by atoms with Crippen LogP contribution in [0.5, 0.6) is 0 Å². The smallest absolute Gasteiger partial charge is 0.315 e. The van der Waals surface area contributed by atoms with Crippen molar-refractivity contribution in [3.05, 3.63) is 0 Å². The molecule has 0 spiro atoms. The zero-order chi connectivity index (χ0) is 7.98. The number of nitrogens with one attached hydrogen (secondary N) is 1. The minimum Gasteiger partial charge on any atom is -0.465 e. The molecule has 4 heteroatoms. The van der Waals surface area contributed by atoms with Gasteiger partial charge in [-0.25, -0.2) is 0 Å². The largest absolute Gasteiger partial charge is 0.465 e. The molecule has 1 N–H and O–H groups in total. The highest BCUT2D eigenvalue weighted by atomic mass is 16.5. The number of carbonyl (C=O) groups excluding carboxylic acids is 2. The van der Waals surface area contributed by atoms with Crippen molar-refractivity contribution >= 4 is 11.9 Å². The van der Waals surface area contributed by atoms with Gasteiger partial charge in [-0.3, -0.25) is 15.3 Å². The van der Waals surface area contributed by atoms with E-state index in [1.807, 2.05) is 6.92 Å². The Morgan fingerprint density at radius 3 is 2.50 bits per heavy atom. The van der Waals surface area contributed by atoms with Crippen molar-refractivity contribution in [2.45, 2.75) is 19.8 Å². The molecule has 1 radical (unpaired) electrons. The average molecular weight is 144 g/mol. The van der Waals surface area contributed by atoms with Gasteiger partial charge in [-0.2, -0.15) is 0 Å². The van der Waals surface area contributed by atoms with Crippen LogP contribution in [0.4, 0.5) is 0 Å². The van der Waals surface area contributed by atoms with Gasteiger partial charge in [0.15, 0.2) is 0 Å². The van der Waals surface area contributed by atoms with Gasteiger partial charge in [0.2, 0.25) is 5.91 Å². The molecular formula is C6H10NO3. The predicted molar refractivity (Wildman–Crippen MR) is 34.0 cm³/mol. The van der Waals surface area contributed by atoms with Gasteiger partial charge in [0.05, 0.1) is 6.61 Å². The molecule has 0 bridgehead atoms. The van der Waals surface area contributed by atoms with Gasteiger partial charge in [-0.1, -0.05) is 6.92 Å². The zero-order valence-corrected chi connectivity index (χ0v) is 5.85. The standard InChI is InChI=1S/C6H10NO3/c1-2-3-10-6(9)4-5(7)8/h7H,2-4H2,1H3. The summed E-state index contributed by atoms with van der Waals surface area (Å²) in [6.45, 7) is 2.18. The number of esters is 1. The van der Waals surface area contributed by atoms with Gasteiger partial charge in [0.1, 0.15) is 6.42 Å². The van der Waals surface area contributed by atoms with E-state index < -0.39 is 18.3 Å². The van der Waals surface area contributed by atoms with E-state index in [0.717, 1.165) is 6.42 Å². The average Bonchev–Trinajstić information content (AvgIpc) is 1.82. The highest BCUT2D eigenvalue weighted by Gasteiger charge is 2.05. The molecule has 0 aliphatic carbocycles. The normalized spacial score (nSPS) is 8.90. The Morgan fingerprint density at radius 2 is 2.10 bits per heavy atom. The minimum absolute atomic E-state index is 0.326. The fourth-order valence-corrected chi connectivity index (χ4v) is 0.398. The first-order valence-corrected chi connectivity index (χ1v) is 3.07. The molecule has 0 rings (SSSR count). The predicted octanol–water partition coefficient (Wildman–Crippen LogP) is 0.139. The summed E-state index contributed by atoms with van der Waals surface area (Å²) in [6.07, 6.45) is 0.304. The molecule has 0 aromatic rings. The lowest BCUT2D eigenvalue weighted by atomic mass is 10.4. The second-order valence-corrected chi connectivity index (χ2v) is 1.82. The van der Waals surface area contributed by atoms with Crippen molar-refractivity contribution in [2.24, 2.45) is 0 Å². The highest BCUT2D eigenvalue weighted by Crippen LogP contribution is 1.87. The van der Waals surface area contributed by atoms with E-state index in [4.69, 9.17) is 5.73 Å². The van der Waals surface area contributed by atoms with Crippen LogP contribution in [-0.2, 0) is 14.3 Å². The van der Waals surface area contributed by atoms with Gasteiger partial charge < -0.3 is 4.74 Å². The van der Waals surface area contributed by atoms with Crippen LogP contribution in [-0.4, -0.2) is 18.5 Å². The Kier molecular flexibility index (Phi) is 4.28. The second kappa shape index (κ2) is 4.78. The molecule has 0 unspecified atom stereocenters. The first-order chi connectivity index (χ1) is 4.66. The summed E-state index contributed by atoms with van der Waals surface area (Å²) < 4.78 is 4.52. The quantitative estimate of drug-likeness (QED) is 0.416. The van der Waals surface area contributed by atoms with Crippen LogP contribution in [0.15, 0.2) is 0 Å². The number of hydrogen-bond donors (Lipinski definition) is 0. The van der Waals surface area contributed by atoms with Crippen molar-refractivity contribution in [3.8, 4) is 0 Å². The number of amides is 1. The molecular weight excluding hydrogens is 134 g/mol. The van der Waals surface area contributed by atoms with Gasteiger partial charge in [0.25, 0.3) is 0 Å². The fraction of sp³-hybridized carbons (Fsp3) is 0.667. The topological polar surface area (TPSA) is 67.2 Å². The first-order valence-electron chi connectivity index (χ1n) is 3.07. The van der Waals surface area contributed by atoms with Crippen molar-refractivity contribution in [1.82, 2.24) is 5.73 Å². The summed E-state index contributed by atoms with van der Waals surface area (Å²) in [5, 5.41) is 0. The maximum atomic E-state index is 10.4. The van der Waals surface area contributed by atoms with Crippen LogP contribution in [0.25, 0.3) is 0 Å². The van der Waals surface area contributed by atoms with Gasteiger partial charge >= 0.3 is 5.97 Å². The lowest BCUT2D eigenvalue weighted by molar-refractivity contribution is -0.145. The SMILES string of the molecule is CCCOC(=O)CC([NH])=O. The summed E-state index contributed by atoms with van der Waals surface area (Å²) >= 11 is 0. The number of carbonyl (C=O) groups is 2. The van der Waals surface area contributed by atoms with Crippen molar-refractivity contribution in [1.29, 1.82) is 0 Å². The molecule has 1 amide bonds. The summed E-state index contributed by atoms with van der Waals surface area (Å²) in [5.41, 5.74) is 6.40. The van der Waals surface area contributed by atoms with E-state index in [1.165, 1.54) is 0 Å². The Labute approximate surface area is 59.3 Å². The third kappa shape index (κ3) is 5.08. The van der Waals surface area contributed by atoms with Gasteiger partial charge in [-0.05, 0) is 6.42 Å². The fourth-order valence-electron chi connectivity index (χ4n) is 0.398. The molecule has 0 aliphatic heterocycles. The Bertz CT molecular complexity index is 133. The van der Waals surface area contributed by atoms with Gasteiger partial charge in [-0.15, -0.1) is 0 Å². The number of ether oxygens (including phenoxy) is 1. The van der Waals surface area contributed by atoms with Crippen molar-refractivity contribution in [2.75, 3.05) is 6.61 Å². The van der Waals surface area contributed by atoms with E-state index in [1.54, 1.807) is 0 Å². The monoisotopic (exact) mass is 144 g/mol. The van der Waals surface area contributed by atoms with E-state index >= 15 is 0 Å². The molecule has 0 aromatic heterocycles. The zero-order valence-electron chi connectivity index (χ0n) is 5.85. The van der Waals surface area contributed by atoms with Crippen molar-refractivity contribution in [3.63, 3.8) is 0 Å². The van der Waals surface area contributed by atoms with E-state index in [0.29, 0.717) is 6.61 Å². The van der Waals surface area contributed by atoms with Crippen LogP contribution in [0.3, 0.4) is 0 Å². The molecule has 0 heterocycles. The maximum absolute atomic E-state index is 10.4. The molecule has 4 nitrogen and oxygen atoms in total. The molecule has 57 valence electrons. The van der Waals surface area contributed by atoms with E-state index in [2.05, 4.69) is 4.74 Å².